The third-order valence-electron chi connectivity index (χ3n) is 3.36. The second-order valence-electron chi connectivity index (χ2n) is 4.83. The van der Waals surface area contributed by atoms with Crippen molar-refractivity contribution in [1.82, 2.24) is 4.90 Å². The van der Waals surface area contributed by atoms with E-state index in [-0.39, 0.29) is 6.04 Å². The Hall–Kier alpha value is -0.680. The zero-order valence-corrected chi connectivity index (χ0v) is 14.6. The highest BCUT2D eigenvalue weighted by molar-refractivity contribution is 9.13. The van der Waals surface area contributed by atoms with Crippen molar-refractivity contribution in [2.45, 2.75) is 12.6 Å². The van der Waals surface area contributed by atoms with Crippen LogP contribution in [0.1, 0.15) is 17.2 Å². The summed E-state index contributed by atoms with van der Waals surface area (Å²) >= 11 is 7.05. The highest BCUT2D eigenvalue weighted by Gasteiger charge is 2.16. The standard InChI is InChI=1S/C16H18Br2N2/c1-20(11-12-5-3-2-4-6-12)16(10-19)13-7-8-14(17)15(18)9-13/h2-9,16H,10-11,19H2,1H3. The second-order valence-corrected chi connectivity index (χ2v) is 6.53. The van der Waals surface area contributed by atoms with Gasteiger partial charge in [-0.3, -0.25) is 4.90 Å². The highest BCUT2D eigenvalue weighted by atomic mass is 79.9. The lowest BCUT2D eigenvalue weighted by molar-refractivity contribution is 0.241. The lowest BCUT2D eigenvalue weighted by atomic mass is 10.1. The van der Waals surface area contributed by atoms with Gasteiger partial charge in [0, 0.05) is 28.1 Å². The Balaban J connectivity index is 2.16. The van der Waals surface area contributed by atoms with Crippen LogP contribution in [0.2, 0.25) is 0 Å². The van der Waals surface area contributed by atoms with E-state index in [1.807, 2.05) is 6.07 Å². The van der Waals surface area contributed by atoms with Crippen molar-refractivity contribution in [2.24, 2.45) is 5.73 Å². The van der Waals surface area contributed by atoms with Crippen LogP contribution < -0.4 is 5.73 Å². The van der Waals surface area contributed by atoms with Crippen molar-refractivity contribution in [3.05, 3.63) is 68.6 Å². The molecular weight excluding hydrogens is 380 g/mol. The molecule has 2 aromatic carbocycles. The van der Waals surface area contributed by atoms with E-state index in [0.29, 0.717) is 6.54 Å². The van der Waals surface area contributed by atoms with Crippen molar-refractivity contribution in [3.8, 4) is 0 Å². The zero-order valence-electron chi connectivity index (χ0n) is 11.4. The smallest absolute Gasteiger partial charge is 0.0471 e. The Morgan fingerprint density at radius 2 is 1.75 bits per heavy atom. The van der Waals surface area contributed by atoms with E-state index < -0.39 is 0 Å². The van der Waals surface area contributed by atoms with Gasteiger partial charge in [-0.25, -0.2) is 0 Å². The van der Waals surface area contributed by atoms with E-state index in [4.69, 9.17) is 5.73 Å². The van der Waals surface area contributed by atoms with E-state index in [1.54, 1.807) is 0 Å². The first-order valence-corrected chi connectivity index (χ1v) is 8.09. The van der Waals surface area contributed by atoms with Crippen LogP contribution in [-0.4, -0.2) is 18.5 Å². The molecule has 2 N–H and O–H groups in total. The van der Waals surface area contributed by atoms with E-state index >= 15 is 0 Å². The maximum Gasteiger partial charge on any atom is 0.0471 e. The van der Waals surface area contributed by atoms with E-state index in [2.05, 4.69) is 86.3 Å². The van der Waals surface area contributed by atoms with Gasteiger partial charge in [-0.05, 0) is 62.2 Å². The summed E-state index contributed by atoms with van der Waals surface area (Å²) in [6, 6.07) is 17.0. The number of hydrogen-bond donors (Lipinski definition) is 1. The summed E-state index contributed by atoms with van der Waals surface area (Å²) in [6.45, 7) is 1.48. The number of hydrogen-bond acceptors (Lipinski definition) is 2. The number of rotatable bonds is 5. The molecule has 0 amide bonds. The number of halogens is 2. The molecule has 0 aromatic heterocycles. The molecule has 106 valence electrons. The molecular formula is C16H18Br2N2. The van der Waals surface area contributed by atoms with Gasteiger partial charge in [0.05, 0.1) is 0 Å². The Kier molecular flexibility index (Phi) is 5.78. The van der Waals surface area contributed by atoms with Crippen LogP contribution in [0, 0.1) is 0 Å². The molecule has 0 heterocycles. The third-order valence-corrected chi connectivity index (χ3v) is 5.24. The van der Waals surface area contributed by atoms with Gasteiger partial charge in [0.1, 0.15) is 0 Å². The number of benzene rings is 2. The Bertz CT molecular complexity index is 558. The highest BCUT2D eigenvalue weighted by Crippen LogP contribution is 2.28. The van der Waals surface area contributed by atoms with Gasteiger partial charge in [0.15, 0.2) is 0 Å². The van der Waals surface area contributed by atoms with Gasteiger partial charge in [0.25, 0.3) is 0 Å². The SMILES string of the molecule is CN(Cc1ccccc1)C(CN)c1ccc(Br)c(Br)c1. The van der Waals surface area contributed by atoms with Crippen LogP contribution in [0.4, 0.5) is 0 Å². The lowest BCUT2D eigenvalue weighted by Gasteiger charge is -2.27. The molecule has 4 heteroatoms. The monoisotopic (exact) mass is 396 g/mol. The largest absolute Gasteiger partial charge is 0.329 e. The first kappa shape index (κ1) is 15.7. The molecule has 20 heavy (non-hydrogen) atoms. The van der Waals surface area contributed by atoms with Crippen LogP contribution in [0.5, 0.6) is 0 Å². The molecule has 0 aliphatic rings. The fraction of sp³-hybridized carbons (Fsp3) is 0.250. The Morgan fingerprint density at radius 1 is 1.05 bits per heavy atom. The topological polar surface area (TPSA) is 29.3 Å². The maximum atomic E-state index is 5.98. The summed E-state index contributed by atoms with van der Waals surface area (Å²) < 4.78 is 2.12. The third kappa shape index (κ3) is 3.92. The van der Waals surface area contributed by atoms with Crippen LogP contribution in [-0.2, 0) is 6.54 Å². The first-order valence-electron chi connectivity index (χ1n) is 6.51. The number of nitrogens with two attached hydrogens (primary N) is 1. The van der Waals surface area contributed by atoms with Crippen molar-refractivity contribution in [2.75, 3.05) is 13.6 Å². The van der Waals surface area contributed by atoms with Gasteiger partial charge in [-0.15, -0.1) is 0 Å². The average molecular weight is 398 g/mol. The molecule has 0 fully saturated rings. The van der Waals surface area contributed by atoms with E-state index in [0.717, 1.165) is 15.5 Å². The molecule has 0 saturated carbocycles. The average Bonchev–Trinajstić information content (AvgIpc) is 2.44. The van der Waals surface area contributed by atoms with Gasteiger partial charge in [0.2, 0.25) is 0 Å². The minimum absolute atomic E-state index is 0.208. The van der Waals surface area contributed by atoms with E-state index in [1.165, 1.54) is 11.1 Å². The lowest BCUT2D eigenvalue weighted by Crippen LogP contribution is -2.30. The van der Waals surface area contributed by atoms with E-state index in [9.17, 15) is 0 Å². The zero-order chi connectivity index (χ0) is 14.5. The summed E-state index contributed by atoms with van der Waals surface area (Å²) in [6.07, 6.45) is 0. The van der Waals surface area contributed by atoms with Crippen LogP contribution in [0.15, 0.2) is 57.5 Å². The Morgan fingerprint density at radius 3 is 2.35 bits per heavy atom. The number of nitrogens with zero attached hydrogens (tertiary/aromatic N) is 1. The molecule has 0 bridgehead atoms. The van der Waals surface area contributed by atoms with Gasteiger partial charge in [-0.1, -0.05) is 36.4 Å². The normalized spacial score (nSPS) is 12.7. The molecule has 2 aromatic rings. The summed E-state index contributed by atoms with van der Waals surface area (Å²) in [5.41, 5.74) is 8.50. The fourth-order valence-electron chi connectivity index (χ4n) is 2.27. The summed E-state index contributed by atoms with van der Waals surface area (Å²) in [5.74, 6) is 0. The maximum absolute atomic E-state index is 5.98. The van der Waals surface area contributed by atoms with Gasteiger partial charge >= 0.3 is 0 Å². The van der Waals surface area contributed by atoms with Crippen LogP contribution >= 0.6 is 31.9 Å². The predicted molar refractivity (Wildman–Crippen MR) is 91.5 cm³/mol. The van der Waals surface area contributed by atoms with Crippen LogP contribution in [0.3, 0.4) is 0 Å². The van der Waals surface area contributed by atoms with Gasteiger partial charge < -0.3 is 5.73 Å². The van der Waals surface area contributed by atoms with Crippen molar-refractivity contribution >= 4 is 31.9 Å². The van der Waals surface area contributed by atoms with Crippen molar-refractivity contribution < 1.29 is 0 Å². The molecule has 1 unspecified atom stereocenters. The molecule has 0 aliphatic carbocycles. The summed E-state index contributed by atoms with van der Waals surface area (Å²) in [7, 11) is 2.11. The Labute approximate surface area is 137 Å². The molecule has 0 spiro atoms. The van der Waals surface area contributed by atoms with Crippen LogP contribution in [0.25, 0.3) is 0 Å². The first-order chi connectivity index (χ1) is 9.61. The molecule has 0 radical (unpaired) electrons. The fourth-order valence-corrected chi connectivity index (χ4v) is 2.91. The minimum atomic E-state index is 0.208. The molecule has 0 saturated heterocycles. The molecule has 2 rings (SSSR count). The molecule has 2 nitrogen and oxygen atoms in total. The summed E-state index contributed by atoms with van der Waals surface area (Å²) in [5, 5.41) is 0. The van der Waals surface area contributed by atoms with Crippen molar-refractivity contribution in [1.29, 1.82) is 0 Å². The predicted octanol–water partition coefficient (Wildman–Crippen LogP) is 4.34. The summed E-state index contributed by atoms with van der Waals surface area (Å²) in [4.78, 5) is 2.28. The second kappa shape index (κ2) is 7.36. The minimum Gasteiger partial charge on any atom is -0.329 e. The van der Waals surface area contributed by atoms with Gasteiger partial charge in [-0.2, -0.15) is 0 Å². The molecule has 1 atom stereocenters. The van der Waals surface area contributed by atoms with Crippen molar-refractivity contribution in [3.63, 3.8) is 0 Å². The quantitative estimate of drug-likeness (QED) is 0.812. The molecule has 0 aliphatic heterocycles. The number of likely N-dealkylation sites (N-methyl/N-ethyl adjacent to an activating group) is 1.